The molecule has 2 rings (SSSR count). The molecule has 0 aromatic heterocycles. The van der Waals surface area contributed by atoms with E-state index < -0.39 is 0 Å². The Morgan fingerprint density at radius 1 is 1.50 bits per heavy atom. The number of rotatable bonds is 3. The van der Waals surface area contributed by atoms with Gasteiger partial charge in [0, 0.05) is 11.4 Å². The minimum absolute atomic E-state index is 0.181. The summed E-state index contributed by atoms with van der Waals surface area (Å²) in [7, 11) is 0. The largest absolute Gasteiger partial charge is 0.300 e. The summed E-state index contributed by atoms with van der Waals surface area (Å²) in [5, 5.41) is 0.825. The van der Waals surface area contributed by atoms with Crippen LogP contribution < -0.4 is 0 Å². The number of carbonyl (C=O) groups is 1. The van der Waals surface area contributed by atoms with E-state index in [0.29, 0.717) is 12.3 Å². The first-order valence-corrected chi connectivity index (χ1v) is 5.32. The van der Waals surface area contributed by atoms with Gasteiger partial charge in [-0.3, -0.25) is 4.79 Å². The quantitative estimate of drug-likeness (QED) is 0.745. The summed E-state index contributed by atoms with van der Waals surface area (Å²) in [6, 6.07) is 6.01. The lowest BCUT2D eigenvalue weighted by molar-refractivity contribution is -0.116. The molecule has 0 heterocycles. The van der Waals surface area contributed by atoms with Crippen molar-refractivity contribution < 1.29 is 4.79 Å². The van der Waals surface area contributed by atoms with Crippen molar-refractivity contribution in [2.45, 2.75) is 32.1 Å². The van der Waals surface area contributed by atoms with Gasteiger partial charge in [-0.25, -0.2) is 0 Å². The lowest BCUT2D eigenvalue weighted by Crippen LogP contribution is -1.96. The third kappa shape index (κ3) is 2.16. The second-order valence-corrected chi connectivity index (χ2v) is 4.42. The fourth-order valence-electron chi connectivity index (χ4n) is 1.69. The Bertz CT molecular complexity index is 367. The Hall–Kier alpha value is -0.820. The molecule has 14 heavy (non-hydrogen) atoms. The van der Waals surface area contributed by atoms with Gasteiger partial charge in [0.1, 0.15) is 5.78 Å². The predicted octanol–water partition coefficient (Wildman–Crippen LogP) is 3.35. The van der Waals surface area contributed by atoms with E-state index in [2.05, 4.69) is 6.07 Å². The van der Waals surface area contributed by atoms with Crippen LogP contribution in [0.15, 0.2) is 18.2 Å². The summed E-state index contributed by atoms with van der Waals surface area (Å²) in [5.74, 6) is 0.856. The zero-order valence-electron chi connectivity index (χ0n) is 8.22. The molecular weight excluding hydrogens is 196 g/mol. The summed E-state index contributed by atoms with van der Waals surface area (Å²) in [5.41, 5.74) is 2.27. The predicted molar refractivity (Wildman–Crippen MR) is 57.8 cm³/mol. The highest BCUT2D eigenvalue weighted by atomic mass is 35.5. The fourth-order valence-corrected chi connectivity index (χ4v) is 2.05. The first-order valence-electron chi connectivity index (χ1n) is 4.94. The highest BCUT2D eigenvalue weighted by Gasteiger charge is 2.25. The van der Waals surface area contributed by atoms with Crippen molar-refractivity contribution in [1.29, 1.82) is 0 Å². The van der Waals surface area contributed by atoms with Crippen LogP contribution in [-0.2, 0) is 11.2 Å². The molecule has 1 aliphatic rings. The fraction of sp³-hybridized carbons (Fsp3) is 0.417. The van der Waals surface area contributed by atoms with Crippen LogP contribution in [0.4, 0.5) is 0 Å². The van der Waals surface area contributed by atoms with Gasteiger partial charge in [-0.1, -0.05) is 23.7 Å². The molecule has 0 atom stereocenters. The molecule has 0 N–H and O–H groups in total. The molecule has 1 fully saturated rings. The third-order valence-electron chi connectivity index (χ3n) is 2.54. The molecule has 0 saturated heterocycles. The summed E-state index contributed by atoms with van der Waals surface area (Å²) in [6.45, 7) is 1.60. The lowest BCUT2D eigenvalue weighted by Gasteiger charge is -2.04. The summed E-state index contributed by atoms with van der Waals surface area (Å²) in [4.78, 5) is 10.9. The third-order valence-corrected chi connectivity index (χ3v) is 2.86. The van der Waals surface area contributed by atoms with E-state index in [9.17, 15) is 4.79 Å². The Balaban J connectivity index is 2.21. The van der Waals surface area contributed by atoms with Crippen molar-refractivity contribution in [1.82, 2.24) is 0 Å². The van der Waals surface area contributed by atoms with E-state index >= 15 is 0 Å². The van der Waals surface area contributed by atoms with Crippen molar-refractivity contribution in [3.8, 4) is 0 Å². The van der Waals surface area contributed by atoms with Crippen LogP contribution >= 0.6 is 11.6 Å². The van der Waals surface area contributed by atoms with Gasteiger partial charge in [-0.15, -0.1) is 0 Å². The first kappa shape index (κ1) is 9.72. The van der Waals surface area contributed by atoms with Crippen molar-refractivity contribution in [2.24, 2.45) is 0 Å². The SMILES string of the molecule is CC(=O)Cc1ccc(C2CC2)c(Cl)c1. The minimum atomic E-state index is 0.181. The highest BCUT2D eigenvalue weighted by Crippen LogP contribution is 2.43. The second-order valence-electron chi connectivity index (χ2n) is 4.01. The average molecular weight is 209 g/mol. The standard InChI is InChI=1S/C12H13ClO/c1-8(14)6-9-2-5-11(10-3-4-10)12(13)7-9/h2,5,7,10H,3-4,6H2,1H3. The van der Waals surface area contributed by atoms with E-state index in [4.69, 9.17) is 11.6 Å². The first-order chi connectivity index (χ1) is 6.66. The van der Waals surface area contributed by atoms with Crippen molar-refractivity contribution in [2.75, 3.05) is 0 Å². The monoisotopic (exact) mass is 208 g/mol. The van der Waals surface area contributed by atoms with Crippen LogP contribution in [0.1, 0.15) is 36.8 Å². The molecule has 0 spiro atoms. The number of benzene rings is 1. The summed E-state index contributed by atoms with van der Waals surface area (Å²) < 4.78 is 0. The normalized spacial score (nSPS) is 15.6. The molecule has 0 amide bonds. The van der Waals surface area contributed by atoms with E-state index in [1.807, 2.05) is 12.1 Å². The van der Waals surface area contributed by atoms with Gasteiger partial charge in [0.15, 0.2) is 0 Å². The Morgan fingerprint density at radius 2 is 2.21 bits per heavy atom. The van der Waals surface area contributed by atoms with Crippen molar-refractivity contribution in [3.05, 3.63) is 34.3 Å². The number of hydrogen-bond donors (Lipinski definition) is 0. The van der Waals surface area contributed by atoms with E-state index in [1.54, 1.807) is 6.92 Å². The van der Waals surface area contributed by atoms with Gasteiger partial charge >= 0.3 is 0 Å². The van der Waals surface area contributed by atoms with Gasteiger partial charge in [-0.2, -0.15) is 0 Å². The molecule has 0 aliphatic heterocycles. The molecular formula is C12H13ClO. The zero-order valence-corrected chi connectivity index (χ0v) is 8.97. The Kier molecular flexibility index (Phi) is 2.60. The van der Waals surface area contributed by atoms with Gasteiger partial charge in [0.25, 0.3) is 0 Å². The van der Waals surface area contributed by atoms with Crippen LogP contribution in [0.5, 0.6) is 0 Å². The van der Waals surface area contributed by atoms with Gasteiger partial charge in [0.05, 0.1) is 0 Å². The van der Waals surface area contributed by atoms with Gasteiger partial charge < -0.3 is 0 Å². The van der Waals surface area contributed by atoms with Crippen LogP contribution in [0.25, 0.3) is 0 Å². The van der Waals surface area contributed by atoms with Crippen LogP contribution in [0.2, 0.25) is 5.02 Å². The minimum Gasteiger partial charge on any atom is -0.300 e. The average Bonchev–Trinajstić information content (AvgIpc) is 2.86. The number of hydrogen-bond acceptors (Lipinski definition) is 1. The molecule has 74 valence electrons. The number of Topliss-reactive ketones (excluding diaryl/α,β-unsaturated/α-hetero) is 1. The molecule has 0 bridgehead atoms. The molecule has 1 aromatic carbocycles. The highest BCUT2D eigenvalue weighted by molar-refractivity contribution is 6.31. The number of carbonyl (C=O) groups excluding carboxylic acids is 1. The molecule has 0 radical (unpaired) electrons. The summed E-state index contributed by atoms with van der Waals surface area (Å²) >= 11 is 6.14. The Labute approximate surface area is 89.1 Å². The number of halogens is 1. The molecule has 1 aromatic rings. The maximum Gasteiger partial charge on any atom is 0.134 e. The topological polar surface area (TPSA) is 17.1 Å². The molecule has 1 aliphatic carbocycles. The smallest absolute Gasteiger partial charge is 0.134 e. The second kappa shape index (κ2) is 3.74. The van der Waals surface area contributed by atoms with Gasteiger partial charge in [-0.05, 0) is 42.9 Å². The van der Waals surface area contributed by atoms with E-state index in [-0.39, 0.29) is 5.78 Å². The summed E-state index contributed by atoms with van der Waals surface area (Å²) in [6.07, 6.45) is 3.00. The van der Waals surface area contributed by atoms with Crippen molar-refractivity contribution in [3.63, 3.8) is 0 Å². The van der Waals surface area contributed by atoms with Gasteiger partial charge in [0.2, 0.25) is 0 Å². The molecule has 1 saturated carbocycles. The molecule has 1 nitrogen and oxygen atoms in total. The van der Waals surface area contributed by atoms with Crippen LogP contribution in [0, 0.1) is 0 Å². The lowest BCUT2D eigenvalue weighted by atomic mass is 10.0. The van der Waals surface area contributed by atoms with E-state index in [1.165, 1.54) is 18.4 Å². The van der Waals surface area contributed by atoms with Crippen molar-refractivity contribution >= 4 is 17.4 Å². The van der Waals surface area contributed by atoms with E-state index in [0.717, 1.165) is 10.6 Å². The molecule has 2 heteroatoms. The maximum atomic E-state index is 10.9. The number of ketones is 1. The zero-order chi connectivity index (χ0) is 10.1. The van der Waals surface area contributed by atoms with Crippen LogP contribution in [-0.4, -0.2) is 5.78 Å². The molecule has 0 unspecified atom stereocenters. The van der Waals surface area contributed by atoms with Crippen LogP contribution in [0.3, 0.4) is 0 Å². The Morgan fingerprint density at radius 3 is 2.71 bits per heavy atom. The maximum absolute atomic E-state index is 10.9.